The summed E-state index contributed by atoms with van der Waals surface area (Å²) in [4.78, 5) is 37.6. The Labute approximate surface area is 177 Å². The fraction of sp³-hybridized carbons (Fsp3) is 0.864. The molecule has 0 heterocycles. The standard InChI is InChI=1S/C22H44N4O3/c1-7-16(5)21(28)18(11-9-10-12-23)26-20(27)14-24-22(29)19(13-15(3)4)25-17(6)8-2/h15-19,25H,7-14,23H2,1-6H3,(H,24,29)(H,26,27)/t16?,17?,18-,19-/m0/s1. The van der Waals surface area contributed by atoms with Crippen molar-refractivity contribution in [1.82, 2.24) is 16.0 Å². The van der Waals surface area contributed by atoms with E-state index >= 15 is 0 Å². The van der Waals surface area contributed by atoms with Crippen LogP contribution < -0.4 is 21.7 Å². The van der Waals surface area contributed by atoms with E-state index in [-0.39, 0.29) is 42.1 Å². The Balaban J connectivity index is 4.81. The van der Waals surface area contributed by atoms with Crippen molar-refractivity contribution >= 4 is 17.6 Å². The number of Topliss-reactive ketones (excluding diaryl/α,β-unsaturated/α-hetero) is 1. The molecule has 0 saturated heterocycles. The van der Waals surface area contributed by atoms with Gasteiger partial charge in [0.1, 0.15) is 0 Å². The first kappa shape index (κ1) is 27.5. The molecule has 2 unspecified atom stereocenters. The van der Waals surface area contributed by atoms with E-state index in [1.807, 2.05) is 20.8 Å². The molecule has 0 saturated carbocycles. The molecule has 170 valence electrons. The Morgan fingerprint density at radius 1 is 0.931 bits per heavy atom. The SMILES string of the molecule is CCC(C)N[C@@H](CC(C)C)C(=O)NCC(=O)N[C@@H](CCCCN)C(=O)C(C)CC. The van der Waals surface area contributed by atoms with E-state index in [1.165, 1.54) is 0 Å². The van der Waals surface area contributed by atoms with Crippen LogP contribution in [0.25, 0.3) is 0 Å². The van der Waals surface area contributed by atoms with Gasteiger partial charge in [0.15, 0.2) is 5.78 Å². The monoisotopic (exact) mass is 412 g/mol. The van der Waals surface area contributed by atoms with Gasteiger partial charge in [0.2, 0.25) is 11.8 Å². The van der Waals surface area contributed by atoms with Gasteiger partial charge < -0.3 is 21.7 Å². The van der Waals surface area contributed by atoms with Crippen molar-refractivity contribution in [3.63, 3.8) is 0 Å². The van der Waals surface area contributed by atoms with E-state index in [1.54, 1.807) is 0 Å². The molecular formula is C22H44N4O3. The minimum atomic E-state index is -0.523. The zero-order valence-corrected chi connectivity index (χ0v) is 19.3. The van der Waals surface area contributed by atoms with Crippen LogP contribution in [0.1, 0.15) is 80.1 Å². The highest BCUT2D eigenvalue weighted by Gasteiger charge is 2.25. The van der Waals surface area contributed by atoms with Gasteiger partial charge in [0.25, 0.3) is 0 Å². The Morgan fingerprint density at radius 3 is 2.10 bits per heavy atom. The number of hydrogen-bond donors (Lipinski definition) is 4. The van der Waals surface area contributed by atoms with Gasteiger partial charge in [-0.3, -0.25) is 14.4 Å². The van der Waals surface area contributed by atoms with Gasteiger partial charge in [-0.15, -0.1) is 0 Å². The summed E-state index contributed by atoms with van der Waals surface area (Å²) < 4.78 is 0. The molecule has 0 aromatic heterocycles. The van der Waals surface area contributed by atoms with Crippen molar-refractivity contribution in [2.75, 3.05) is 13.1 Å². The molecule has 0 spiro atoms. The molecule has 29 heavy (non-hydrogen) atoms. The van der Waals surface area contributed by atoms with Crippen LogP contribution in [-0.4, -0.2) is 48.8 Å². The third-order valence-electron chi connectivity index (χ3n) is 5.27. The molecule has 0 fully saturated rings. The van der Waals surface area contributed by atoms with Gasteiger partial charge in [0.05, 0.1) is 18.6 Å². The van der Waals surface area contributed by atoms with Crippen molar-refractivity contribution in [3.05, 3.63) is 0 Å². The third-order valence-corrected chi connectivity index (χ3v) is 5.27. The number of amides is 2. The Hall–Kier alpha value is -1.47. The minimum Gasteiger partial charge on any atom is -0.346 e. The second-order valence-electron chi connectivity index (χ2n) is 8.49. The van der Waals surface area contributed by atoms with E-state index < -0.39 is 6.04 Å². The summed E-state index contributed by atoms with van der Waals surface area (Å²) in [5, 5.41) is 8.87. The number of nitrogens with one attached hydrogen (secondary N) is 3. The van der Waals surface area contributed by atoms with E-state index in [0.29, 0.717) is 25.3 Å². The second-order valence-corrected chi connectivity index (χ2v) is 8.49. The van der Waals surface area contributed by atoms with Crippen LogP contribution in [0.4, 0.5) is 0 Å². The summed E-state index contributed by atoms with van der Waals surface area (Å²) in [7, 11) is 0. The first-order valence-corrected chi connectivity index (χ1v) is 11.2. The van der Waals surface area contributed by atoms with Gasteiger partial charge in [-0.05, 0) is 57.9 Å². The van der Waals surface area contributed by atoms with Crippen LogP contribution in [0.3, 0.4) is 0 Å². The number of unbranched alkanes of at least 4 members (excludes halogenated alkanes) is 1. The molecule has 7 heteroatoms. The number of nitrogens with two attached hydrogens (primary N) is 1. The lowest BCUT2D eigenvalue weighted by Gasteiger charge is -2.24. The summed E-state index contributed by atoms with van der Waals surface area (Å²) in [6.45, 7) is 12.5. The molecule has 4 atom stereocenters. The highest BCUT2D eigenvalue weighted by molar-refractivity contribution is 5.92. The molecule has 0 aliphatic carbocycles. The number of ketones is 1. The molecule has 5 N–H and O–H groups in total. The van der Waals surface area contributed by atoms with Gasteiger partial charge in [-0.2, -0.15) is 0 Å². The van der Waals surface area contributed by atoms with Crippen LogP contribution in [0, 0.1) is 11.8 Å². The Morgan fingerprint density at radius 2 is 1.59 bits per heavy atom. The molecule has 0 aromatic rings. The predicted octanol–water partition coefficient (Wildman–Crippen LogP) is 2.13. The predicted molar refractivity (Wildman–Crippen MR) is 118 cm³/mol. The maximum absolute atomic E-state index is 12.6. The van der Waals surface area contributed by atoms with Crippen molar-refractivity contribution in [2.45, 2.75) is 98.2 Å². The van der Waals surface area contributed by atoms with Crippen LogP contribution in [0.15, 0.2) is 0 Å². The fourth-order valence-corrected chi connectivity index (χ4v) is 3.04. The van der Waals surface area contributed by atoms with E-state index in [0.717, 1.165) is 25.7 Å². The highest BCUT2D eigenvalue weighted by atomic mass is 16.2. The summed E-state index contributed by atoms with van der Waals surface area (Å²) in [5.41, 5.74) is 5.54. The fourth-order valence-electron chi connectivity index (χ4n) is 3.04. The van der Waals surface area contributed by atoms with Gasteiger partial charge in [-0.1, -0.05) is 34.6 Å². The maximum Gasteiger partial charge on any atom is 0.239 e. The molecule has 0 aromatic carbocycles. The molecule has 0 aliphatic heterocycles. The van der Waals surface area contributed by atoms with E-state index in [4.69, 9.17) is 5.73 Å². The zero-order valence-electron chi connectivity index (χ0n) is 19.3. The van der Waals surface area contributed by atoms with Gasteiger partial charge >= 0.3 is 0 Å². The van der Waals surface area contributed by atoms with Crippen molar-refractivity contribution < 1.29 is 14.4 Å². The summed E-state index contributed by atoms with van der Waals surface area (Å²) >= 11 is 0. The van der Waals surface area contributed by atoms with Gasteiger partial charge in [0, 0.05) is 12.0 Å². The Bertz CT molecular complexity index is 496. The molecule has 7 nitrogen and oxygen atoms in total. The smallest absolute Gasteiger partial charge is 0.239 e. The lowest BCUT2D eigenvalue weighted by Crippen LogP contribution is -2.51. The van der Waals surface area contributed by atoms with Crippen LogP contribution in [0.2, 0.25) is 0 Å². The summed E-state index contributed by atoms with van der Waals surface area (Å²) in [5.74, 6) is -0.221. The quantitative estimate of drug-likeness (QED) is 0.290. The van der Waals surface area contributed by atoms with Crippen molar-refractivity contribution in [2.24, 2.45) is 17.6 Å². The molecule has 0 rings (SSSR count). The van der Waals surface area contributed by atoms with Crippen molar-refractivity contribution in [3.8, 4) is 0 Å². The lowest BCUT2D eigenvalue weighted by atomic mass is 9.94. The Kier molecular flexibility index (Phi) is 14.6. The number of hydrogen-bond acceptors (Lipinski definition) is 5. The second kappa shape index (κ2) is 15.4. The lowest BCUT2D eigenvalue weighted by molar-refractivity contribution is -0.131. The topological polar surface area (TPSA) is 113 Å². The maximum atomic E-state index is 12.6. The number of rotatable bonds is 16. The largest absolute Gasteiger partial charge is 0.346 e. The number of carbonyl (C=O) groups excluding carboxylic acids is 3. The first-order chi connectivity index (χ1) is 13.7. The average Bonchev–Trinajstić information content (AvgIpc) is 2.69. The number of carbonyl (C=O) groups is 3. The molecule has 0 aliphatic rings. The average molecular weight is 413 g/mol. The first-order valence-electron chi connectivity index (χ1n) is 11.2. The molecule has 0 bridgehead atoms. The third kappa shape index (κ3) is 12.0. The van der Waals surface area contributed by atoms with Crippen molar-refractivity contribution in [1.29, 1.82) is 0 Å². The summed E-state index contributed by atoms with van der Waals surface area (Å²) in [6.07, 6.45) is 4.53. The van der Waals surface area contributed by atoms with Crippen LogP contribution >= 0.6 is 0 Å². The van der Waals surface area contributed by atoms with E-state index in [2.05, 4.69) is 36.7 Å². The van der Waals surface area contributed by atoms with Gasteiger partial charge in [-0.25, -0.2) is 0 Å². The highest BCUT2D eigenvalue weighted by Crippen LogP contribution is 2.11. The normalized spacial score (nSPS) is 15.4. The molecular weight excluding hydrogens is 368 g/mol. The molecule has 0 radical (unpaired) electrons. The minimum absolute atomic E-state index is 0.0420. The summed E-state index contributed by atoms with van der Waals surface area (Å²) in [6, 6.07) is -0.635. The van der Waals surface area contributed by atoms with E-state index in [9.17, 15) is 14.4 Å². The van der Waals surface area contributed by atoms with Crippen LogP contribution in [0.5, 0.6) is 0 Å². The van der Waals surface area contributed by atoms with Crippen LogP contribution in [-0.2, 0) is 14.4 Å². The zero-order chi connectivity index (χ0) is 22.4. The molecule has 2 amide bonds.